The molecule has 2 aromatic rings. The summed E-state index contributed by atoms with van der Waals surface area (Å²) in [6.07, 6.45) is -0.546. The third kappa shape index (κ3) is 5.15. The number of hydrogen-bond acceptors (Lipinski definition) is 5. The van der Waals surface area contributed by atoms with Crippen molar-refractivity contribution in [3.05, 3.63) is 23.8 Å². The Morgan fingerprint density at radius 2 is 1.85 bits per heavy atom. The van der Waals surface area contributed by atoms with Gasteiger partial charge in [-0.15, -0.1) is 0 Å². The van der Waals surface area contributed by atoms with Crippen LogP contribution in [0.15, 0.2) is 18.2 Å². The lowest BCUT2D eigenvalue weighted by molar-refractivity contribution is -0.137. The van der Waals surface area contributed by atoms with Crippen LogP contribution in [0, 0.1) is 5.92 Å². The van der Waals surface area contributed by atoms with E-state index in [0.717, 1.165) is 50.9 Å². The maximum Gasteiger partial charge on any atom is 0.416 e. The molecule has 0 spiro atoms. The van der Waals surface area contributed by atoms with E-state index in [-0.39, 0.29) is 36.0 Å². The highest BCUT2D eigenvalue weighted by atomic mass is 19.4. The highest BCUT2D eigenvalue weighted by Crippen LogP contribution is 2.34. The maximum absolute atomic E-state index is 13.1. The van der Waals surface area contributed by atoms with Crippen molar-refractivity contribution in [2.24, 2.45) is 5.92 Å². The van der Waals surface area contributed by atoms with Crippen LogP contribution in [0.3, 0.4) is 0 Å². The molecule has 10 heteroatoms. The second-order valence-electron chi connectivity index (χ2n) is 9.08. The second kappa shape index (κ2) is 9.32. The minimum Gasteiger partial charge on any atom is -0.359 e. The topological polar surface area (TPSA) is 79.3 Å². The summed E-state index contributed by atoms with van der Waals surface area (Å²) in [6, 6.07) is 4.05. The van der Waals surface area contributed by atoms with E-state index in [0.29, 0.717) is 23.5 Å². The molecular formula is C23H30F3N5O2. The molecule has 0 bridgehead atoms. The van der Waals surface area contributed by atoms with Gasteiger partial charge in [-0.3, -0.25) is 19.2 Å². The number of amides is 1. The molecule has 2 heterocycles. The van der Waals surface area contributed by atoms with Gasteiger partial charge in [0.05, 0.1) is 23.7 Å². The predicted molar refractivity (Wildman–Crippen MR) is 119 cm³/mol. The summed E-state index contributed by atoms with van der Waals surface area (Å²) in [7, 11) is 0. The fraction of sp³-hybridized carbons (Fsp3) is 0.609. The van der Waals surface area contributed by atoms with Crippen LogP contribution in [0.4, 0.5) is 19.0 Å². The van der Waals surface area contributed by atoms with Crippen molar-refractivity contribution in [2.75, 3.05) is 25.0 Å². The van der Waals surface area contributed by atoms with Gasteiger partial charge in [-0.25, -0.2) is 0 Å². The third-order valence-electron chi connectivity index (χ3n) is 6.86. The summed E-state index contributed by atoms with van der Waals surface area (Å²) in [4.78, 5) is 26.3. The first-order valence-corrected chi connectivity index (χ1v) is 11.5. The van der Waals surface area contributed by atoms with Gasteiger partial charge in [0, 0.05) is 37.0 Å². The van der Waals surface area contributed by atoms with E-state index in [1.165, 1.54) is 6.07 Å². The Kier molecular flexibility index (Phi) is 6.65. The molecule has 2 fully saturated rings. The fourth-order valence-corrected chi connectivity index (χ4v) is 4.92. The number of carbonyl (C=O) groups excluding carboxylic acids is 2. The van der Waals surface area contributed by atoms with Gasteiger partial charge in [0.15, 0.2) is 5.82 Å². The molecule has 4 rings (SSSR count). The van der Waals surface area contributed by atoms with Gasteiger partial charge in [-0.1, -0.05) is 0 Å². The van der Waals surface area contributed by atoms with Crippen LogP contribution in [-0.4, -0.2) is 58.1 Å². The molecule has 33 heavy (non-hydrogen) atoms. The first-order valence-electron chi connectivity index (χ1n) is 11.5. The van der Waals surface area contributed by atoms with E-state index in [2.05, 4.69) is 20.6 Å². The molecule has 1 aliphatic carbocycles. The van der Waals surface area contributed by atoms with Crippen molar-refractivity contribution in [1.82, 2.24) is 20.0 Å². The number of likely N-dealkylation sites (tertiary alicyclic amines) is 1. The van der Waals surface area contributed by atoms with Crippen LogP contribution < -0.4 is 10.6 Å². The Morgan fingerprint density at radius 1 is 1.15 bits per heavy atom. The van der Waals surface area contributed by atoms with E-state index >= 15 is 0 Å². The zero-order valence-electron chi connectivity index (χ0n) is 18.9. The van der Waals surface area contributed by atoms with Gasteiger partial charge in [0.1, 0.15) is 5.78 Å². The number of aryl methyl sites for hydroxylation is 1. The number of halogens is 3. The van der Waals surface area contributed by atoms with Crippen LogP contribution in [-0.2, 0) is 22.3 Å². The molecule has 1 aromatic carbocycles. The Labute approximate surface area is 190 Å². The van der Waals surface area contributed by atoms with Crippen molar-refractivity contribution in [1.29, 1.82) is 0 Å². The number of anilines is 1. The van der Waals surface area contributed by atoms with Crippen LogP contribution in [0.25, 0.3) is 10.9 Å². The van der Waals surface area contributed by atoms with Crippen molar-refractivity contribution in [3.63, 3.8) is 0 Å². The van der Waals surface area contributed by atoms with Gasteiger partial charge in [-0.05, 0) is 57.7 Å². The van der Waals surface area contributed by atoms with Gasteiger partial charge in [-0.2, -0.15) is 18.3 Å². The lowest BCUT2D eigenvalue weighted by Crippen LogP contribution is -2.63. The molecule has 1 aliphatic heterocycles. The Hall–Kier alpha value is -2.62. The number of carbonyl (C=O) groups is 2. The number of fused-ring (bicyclic) bond motifs is 1. The zero-order chi connectivity index (χ0) is 23.8. The van der Waals surface area contributed by atoms with Crippen LogP contribution in [0.1, 0.15) is 45.1 Å². The minimum atomic E-state index is -4.45. The SMILES string of the molecule is CCn1nc(NCC(=O)NC2CN(C3CCC(C(C)=O)CC3)C2)c2cc(C(F)(F)F)ccc21. The molecule has 2 N–H and O–H groups in total. The van der Waals surface area contributed by atoms with Crippen LogP contribution >= 0.6 is 0 Å². The maximum atomic E-state index is 13.1. The lowest BCUT2D eigenvalue weighted by Gasteiger charge is -2.46. The molecule has 1 amide bonds. The Morgan fingerprint density at radius 3 is 2.45 bits per heavy atom. The summed E-state index contributed by atoms with van der Waals surface area (Å²) in [5.41, 5.74) is -0.160. The smallest absolute Gasteiger partial charge is 0.359 e. The molecule has 180 valence electrons. The van der Waals surface area contributed by atoms with E-state index < -0.39 is 11.7 Å². The summed E-state index contributed by atoms with van der Waals surface area (Å²) in [5, 5.41) is 10.6. The van der Waals surface area contributed by atoms with Crippen LogP contribution in [0.2, 0.25) is 0 Å². The second-order valence-corrected chi connectivity index (χ2v) is 9.08. The largest absolute Gasteiger partial charge is 0.416 e. The van der Waals surface area contributed by atoms with Crippen molar-refractivity contribution in [2.45, 2.75) is 64.3 Å². The number of ketones is 1. The molecular weight excluding hydrogens is 435 g/mol. The number of alkyl halides is 3. The van der Waals surface area contributed by atoms with E-state index in [1.807, 2.05) is 6.92 Å². The van der Waals surface area contributed by atoms with E-state index in [4.69, 9.17) is 0 Å². The van der Waals surface area contributed by atoms with Gasteiger partial charge in [0.25, 0.3) is 0 Å². The predicted octanol–water partition coefficient (Wildman–Crippen LogP) is 3.44. The van der Waals surface area contributed by atoms with Gasteiger partial charge >= 0.3 is 6.18 Å². The van der Waals surface area contributed by atoms with E-state index in [1.54, 1.807) is 11.6 Å². The standard InChI is InChI=1S/C23H30F3N5O2/c1-3-31-20-9-6-16(23(24,25)26)10-19(20)22(29-31)27-11-21(33)28-17-12-30(13-17)18-7-4-15(5-8-18)14(2)32/h6,9-10,15,17-18H,3-5,7-8,11-13H2,1-2H3,(H,27,29)(H,28,33). The lowest BCUT2D eigenvalue weighted by atomic mass is 9.82. The van der Waals surface area contributed by atoms with Gasteiger partial charge in [0.2, 0.25) is 5.91 Å². The van der Waals surface area contributed by atoms with Crippen molar-refractivity contribution in [3.8, 4) is 0 Å². The number of Topliss-reactive ketones (excluding diaryl/α,β-unsaturated/α-hetero) is 1. The minimum absolute atomic E-state index is 0.0617. The quantitative estimate of drug-likeness (QED) is 0.655. The summed E-state index contributed by atoms with van der Waals surface area (Å²) in [6.45, 7) is 5.52. The monoisotopic (exact) mass is 465 g/mol. The third-order valence-corrected chi connectivity index (χ3v) is 6.86. The molecule has 0 atom stereocenters. The number of nitrogens with one attached hydrogen (secondary N) is 2. The normalized spacial score (nSPS) is 22.2. The Bertz CT molecular complexity index is 1020. The first kappa shape index (κ1) is 23.5. The molecule has 1 aromatic heterocycles. The summed E-state index contributed by atoms with van der Waals surface area (Å²) in [5.74, 6) is 0.529. The number of nitrogens with zero attached hydrogens (tertiary/aromatic N) is 3. The highest BCUT2D eigenvalue weighted by molar-refractivity contribution is 5.92. The fourth-order valence-electron chi connectivity index (χ4n) is 4.92. The molecule has 7 nitrogen and oxygen atoms in total. The zero-order valence-corrected chi connectivity index (χ0v) is 18.9. The molecule has 0 radical (unpaired) electrons. The number of hydrogen-bond donors (Lipinski definition) is 2. The van der Waals surface area contributed by atoms with Crippen molar-refractivity contribution < 1.29 is 22.8 Å². The van der Waals surface area contributed by atoms with Crippen LogP contribution in [0.5, 0.6) is 0 Å². The summed E-state index contributed by atoms with van der Waals surface area (Å²) < 4.78 is 41.0. The van der Waals surface area contributed by atoms with Crippen molar-refractivity contribution >= 4 is 28.4 Å². The number of rotatable bonds is 7. The molecule has 1 saturated heterocycles. The van der Waals surface area contributed by atoms with Gasteiger partial charge < -0.3 is 10.6 Å². The molecule has 0 unspecified atom stereocenters. The van der Waals surface area contributed by atoms with E-state index in [9.17, 15) is 22.8 Å². The summed E-state index contributed by atoms with van der Waals surface area (Å²) >= 11 is 0. The average Bonchev–Trinajstić information content (AvgIpc) is 3.11. The average molecular weight is 466 g/mol. The molecule has 1 saturated carbocycles. The number of aromatic nitrogens is 2. The Balaban J connectivity index is 1.29. The molecule has 2 aliphatic rings. The highest BCUT2D eigenvalue weighted by Gasteiger charge is 2.36. The number of benzene rings is 1. The first-order chi connectivity index (χ1) is 15.7.